The molecule has 0 aliphatic rings. The van der Waals surface area contributed by atoms with Gasteiger partial charge in [-0.25, -0.2) is 0 Å². The molecule has 0 spiro atoms. The van der Waals surface area contributed by atoms with E-state index in [4.69, 9.17) is 0 Å². The van der Waals surface area contributed by atoms with Crippen LogP contribution in [-0.2, 0) is 11.2 Å². The summed E-state index contributed by atoms with van der Waals surface area (Å²) in [5.74, 6) is 0.513. The lowest BCUT2D eigenvalue weighted by atomic mass is 10.0. The van der Waals surface area contributed by atoms with E-state index in [1.807, 2.05) is 0 Å². The highest BCUT2D eigenvalue weighted by Gasteiger charge is 2.05. The van der Waals surface area contributed by atoms with Crippen molar-refractivity contribution in [2.24, 2.45) is 0 Å². The number of hydrogen-bond acceptors (Lipinski definition) is 4. The van der Waals surface area contributed by atoms with Crippen LogP contribution in [0.1, 0.15) is 37.3 Å². The maximum atomic E-state index is 11.7. The summed E-state index contributed by atoms with van der Waals surface area (Å²) < 4.78 is 0. The normalized spacial score (nSPS) is 10.7. The molecule has 0 bridgehead atoms. The first-order valence-electron chi connectivity index (χ1n) is 6.30. The lowest BCUT2D eigenvalue weighted by Crippen LogP contribution is -2.12. The Hall–Kier alpha value is -1.75. The summed E-state index contributed by atoms with van der Waals surface area (Å²) in [5.41, 5.74) is 4.10. The van der Waals surface area contributed by atoms with Crippen LogP contribution in [0.2, 0.25) is 0 Å². The summed E-state index contributed by atoms with van der Waals surface area (Å²) >= 11 is 1.32. The number of benzene rings is 1. The lowest BCUT2D eigenvalue weighted by Gasteiger charge is -2.06. The van der Waals surface area contributed by atoms with Gasteiger partial charge in [0.1, 0.15) is 5.51 Å². The molecule has 2 rings (SSSR count). The van der Waals surface area contributed by atoms with Gasteiger partial charge in [-0.15, -0.1) is 10.2 Å². The molecule has 2 aromatic rings. The molecule has 5 heteroatoms. The van der Waals surface area contributed by atoms with Crippen LogP contribution in [0, 0.1) is 0 Å². The third-order valence-electron chi connectivity index (χ3n) is 2.89. The number of anilines is 1. The molecule has 4 nitrogen and oxygen atoms in total. The number of carbonyl (C=O) groups is 1. The van der Waals surface area contributed by atoms with Crippen LogP contribution < -0.4 is 5.32 Å². The molecular formula is C14H17N3OS. The van der Waals surface area contributed by atoms with Crippen LogP contribution in [0.4, 0.5) is 5.13 Å². The monoisotopic (exact) mass is 275 g/mol. The van der Waals surface area contributed by atoms with Crippen LogP contribution in [0.3, 0.4) is 0 Å². The van der Waals surface area contributed by atoms with Gasteiger partial charge in [0.25, 0.3) is 0 Å². The lowest BCUT2D eigenvalue weighted by molar-refractivity contribution is -0.116. The van der Waals surface area contributed by atoms with E-state index in [0.29, 0.717) is 17.5 Å². The fourth-order valence-electron chi connectivity index (χ4n) is 1.74. The van der Waals surface area contributed by atoms with E-state index in [-0.39, 0.29) is 5.91 Å². The van der Waals surface area contributed by atoms with E-state index in [1.165, 1.54) is 22.5 Å². The van der Waals surface area contributed by atoms with E-state index in [0.717, 1.165) is 6.42 Å². The zero-order valence-electron chi connectivity index (χ0n) is 11.1. The Balaban J connectivity index is 1.83. The number of nitrogens with one attached hydrogen (secondary N) is 1. The van der Waals surface area contributed by atoms with Gasteiger partial charge in [-0.2, -0.15) is 0 Å². The van der Waals surface area contributed by atoms with Gasteiger partial charge in [0, 0.05) is 6.42 Å². The summed E-state index contributed by atoms with van der Waals surface area (Å²) in [6, 6.07) is 8.44. The van der Waals surface area contributed by atoms with Crippen molar-refractivity contribution >= 4 is 22.4 Å². The second-order valence-electron chi connectivity index (χ2n) is 4.69. The second kappa shape index (κ2) is 6.43. The van der Waals surface area contributed by atoms with Gasteiger partial charge >= 0.3 is 0 Å². The molecule has 19 heavy (non-hydrogen) atoms. The highest BCUT2D eigenvalue weighted by atomic mass is 32.1. The van der Waals surface area contributed by atoms with Crippen molar-refractivity contribution < 1.29 is 4.79 Å². The molecule has 100 valence electrons. The fourth-order valence-corrected chi connectivity index (χ4v) is 2.20. The third kappa shape index (κ3) is 4.13. The molecule has 0 unspecified atom stereocenters. The highest BCUT2D eigenvalue weighted by Crippen LogP contribution is 2.15. The minimum atomic E-state index is -0.0234. The van der Waals surface area contributed by atoms with E-state index in [2.05, 4.69) is 53.6 Å². The summed E-state index contributed by atoms with van der Waals surface area (Å²) in [7, 11) is 0. The first-order chi connectivity index (χ1) is 9.15. The van der Waals surface area contributed by atoms with Crippen molar-refractivity contribution in [2.75, 3.05) is 5.32 Å². The molecule has 1 heterocycles. The fraction of sp³-hybridized carbons (Fsp3) is 0.357. The van der Waals surface area contributed by atoms with E-state index in [9.17, 15) is 4.79 Å². The largest absolute Gasteiger partial charge is 0.301 e. The molecule has 0 fully saturated rings. The first-order valence-corrected chi connectivity index (χ1v) is 7.18. The Morgan fingerprint density at radius 1 is 1.32 bits per heavy atom. The maximum absolute atomic E-state index is 11.7. The summed E-state index contributed by atoms with van der Waals surface area (Å²) in [6.07, 6.45) is 1.20. The number of amides is 1. The zero-order chi connectivity index (χ0) is 13.7. The van der Waals surface area contributed by atoms with Crippen molar-refractivity contribution in [3.8, 4) is 0 Å². The van der Waals surface area contributed by atoms with Crippen LogP contribution in [0.5, 0.6) is 0 Å². The average molecular weight is 275 g/mol. The van der Waals surface area contributed by atoms with Crippen molar-refractivity contribution in [3.63, 3.8) is 0 Å². The molecule has 0 aliphatic carbocycles. The number of carbonyl (C=O) groups excluding carboxylic acids is 1. The minimum absolute atomic E-state index is 0.0234. The Labute approximate surface area is 116 Å². The van der Waals surface area contributed by atoms with Crippen molar-refractivity contribution in [1.82, 2.24) is 10.2 Å². The van der Waals surface area contributed by atoms with Gasteiger partial charge in [0.15, 0.2) is 0 Å². The summed E-state index contributed by atoms with van der Waals surface area (Å²) in [5, 5.41) is 10.7. The third-order valence-corrected chi connectivity index (χ3v) is 3.50. The molecule has 0 saturated heterocycles. The van der Waals surface area contributed by atoms with Crippen molar-refractivity contribution in [1.29, 1.82) is 0 Å². The Kier molecular flexibility index (Phi) is 4.63. The number of hydrogen-bond donors (Lipinski definition) is 1. The van der Waals surface area contributed by atoms with Gasteiger partial charge in [-0.3, -0.25) is 4.79 Å². The molecule has 1 aromatic carbocycles. The van der Waals surface area contributed by atoms with Gasteiger partial charge < -0.3 is 5.32 Å². The molecule has 1 N–H and O–H groups in total. The van der Waals surface area contributed by atoms with Crippen LogP contribution in [-0.4, -0.2) is 16.1 Å². The number of aryl methyl sites for hydroxylation is 1. The van der Waals surface area contributed by atoms with Crippen LogP contribution in [0.15, 0.2) is 29.8 Å². The maximum Gasteiger partial charge on any atom is 0.226 e. The van der Waals surface area contributed by atoms with Gasteiger partial charge in [-0.05, 0) is 23.5 Å². The SMILES string of the molecule is CC(C)c1ccc(CCC(=O)Nc2nncs2)cc1. The summed E-state index contributed by atoms with van der Waals surface area (Å²) in [6.45, 7) is 4.34. The number of nitrogens with zero attached hydrogens (tertiary/aromatic N) is 2. The van der Waals surface area contributed by atoms with E-state index >= 15 is 0 Å². The van der Waals surface area contributed by atoms with E-state index < -0.39 is 0 Å². The van der Waals surface area contributed by atoms with Crippen LogP contribution >= 0.6 is 11.3 Å². The van der Waals surface area contributed by atoms with Crippen LogP contribution in [0.25, 0.3) is 0 Å². The Morgan fingerprint density at radius 3 is 2.63 bits per heavy atom. The smallest absolute Gasteiger partial charge is 0.226 e. The van der Waals surface area contributed by atoms with Crippen molar-refractivity contribution in [2.45, 2.75) is 32.6 Å². The number of rotatable bonds is 5. The quantitative estimate of drug-likeness (QED) is 0.911. The van der Waals surface area contributed by atoms with Gasteiger partial charge in [0.05, 0.1) is 0 Å². The minimum Gasteiger partial charge on any atom is -0.301 e. The Morgan fingerprint density at radius 2 is 2.05 bits per heavy atom. The molecule has 1 amide bonds. The average Bonchev–Trinajstić information content (AvgIpc) is 2.89. The Bertz CT molecular complexity index is 520. The predicted octanol–water partition coefficient (Wildman–Crippen LogP) is 3.23. The van der Waals surface area contributed by atoms with Crippen molar-refractivity contribution in [3.05, 3.63) is 40.9 Å². The number of aromatic nitrogens is 2. The molecule has 0 aliphatic heterocycles. The highest BCUT2D eigenvalue weighted by molar-refractivity contribution is 7.13. The molecule has 0 radical (unpaired) electrons. The predicted molar refractivity (Wildman–Crippen MR) is 77.4 cm³/mol. The standard InChI is InChI=1S/C14H17N3OS/c1-10(2)12-6-3-11(4-7-12)5-8-13(18)16-14-17-15-9-19-14/h3-4,6-7,9-10H,5,8H2,1-2H3,(H,16,17,18). The molecule has 1 aromatic heterocycles. The topological polar surface area (TPSA) is 54.9 Å². The zero-order valence-corrected chi connectivity index (χ0v) is 11.9. The summed E-state index contributed by atoms with van der Waals surface area (Å²) in [4.78, 5) is 11.7. The van der Waals surface area contributed by atoms with Gasteiger partial charge in [0.2, 0.25) is 11.0 Å². The first kappa shape index (κ1) is 13.7. The molecule has 0 saturated carbocycles. The van der Waals surface area contributed by atoms with Gasteiger partial charge in [-0.1, -0.05) is 49.4 Å². The van der Waals surface area contributed by atoms with E-state index in [1.54, 1.807) is 5.51 Å². The second-order valence-corrected chi connectivity index (χ2v) is 5.52. The molecule has 0 atom stereocenters. The molecular weight excluding hydrogens is 258 g/mol.